The summed E-state index contributed by atoms with van der Waals surface area (Å²) < 4.78 is 27.4. The number of para-hydroxylation sites is 1. The molecule has 1 fully saturated rings. The molecule has 0 N–H and O–H groups in total. The van der Waals surface area contributed by atoms with Crippen LogP contribution in [-0.2, 0) is 14.8 Å². The number of rotatable bonds is 6. The molecule has 0 aliphatic carbocycles. The Morgan fingerprint density at radius 1 is 0.912 bits per heavy atom. The summed E-state index contributed by atoms with van der Waals surface area (Å²) in [4.78, 5) is 16.7. The lowest BCUT2D eigenvalue weighted by Crippen LogP contribution is -2.52. The van der Waals surface area contributed by atoms with Crippen LogP contribution in [0.4, 0.5) is 5.69 Å². The molecule has 3 aromatic carbocycles. The average Bonchev–Trinajstić information content (AvgIpc) is 2.89. The van der Waals surface area contributed by atoms with Crippen LogP contribution < -0.4 is 4.90 Å². The lowest BCUT2D eigenvalue weighted by atomic mass is 10.0. The molecule has 1 saturated heterocycles. The monoisotopic (exact) mass is 474 g/mol. The van der Waals surface area contributed by atoms with Crippen LogP contribution >= 0.6 is 0 Å². The highest BCUT2D eigenvalue weighted by Crippen LogP contribution is 2.30. The Bertz CT molecular complexity index is 1310. The summed E-state index contributed by atoms with van der Waals surface area (Å²) in [6.45, 7) is 1.19. The largest absolute Gasteiger partial charge is 0.365 e. The molecule has 0 unspecified atom stereocenters. The van der Waals surface area contributed by atoms with Gasteiger partial charge in [-0.1, -0.05) is 60.7 Å². The number of carbonyl (C=O) groups is 1. The van der Waals surface area contributed by atoms with Crippen molar-refractivity contribution in [2.45, 2.75) is 4.90 Å². The first kappa shape index (κ1) is 23.5. The van der Waals surface area contributed by atoms with E-state index in [1.165, 1.54) is 16.4 Å². The lowest BCUT2D eigenvalue weighted by molar-refractivity contribution is -0.130. The fourth-order valence-electron chi connectivity index (χ4n) is 4.16. The highest BCUT2D eigenvalue weighted by Gasteiger charge is 2.31. The van der Waals surface area contributed by atoms with Gasteiger partial charge in [0.2, 0.25) is 15.9 Å². The molecule has 0 spiro atoms. The molecular weight excluding hydrogens is 448 g/mol. The van der Waals surface area contributed by atoms with Crippen LogP contribution in [0.2, 0.25) is 0 Å². The fraction of sp³-hybridized carbons (Fsp3) is 0.231. The highest BCUT2D eigenvalue weighted by atomic mass is 32.2. The maximum Gasteiger partial charge on any atom is 0.244 e. The molecule has 0 saturated carbocycles. The van der Waals surface area contributed by atoms with Gasteiger partial charge in [0.15, 0.2) is 0 Å². The molecule has 0 radical (unpaired) electrons. The maximum atomic E-state index is 13.0. The van der Waals surface area contributed by atoms with E-state index in [1.807, 2.05) is 72.6 Å². The minimum absolute atomic E-state index is 0.00882. The van der Waals surface area contributed by atoms with Crippen LogP contribution in [-0.4, -0.2) is 63.3 Å². The van der Waals surface area contributed by atoms with Crippen LogP contribution in [0.3, 0.4) is 0 Å². The second-order valence-corrected chi connectivity index (χ2v) is 10.0. The number of hydrogen-bond acceptors (Lipinski definition) is 5. The summed E-state index contributed by atoms with van der Waals surface area (Å²) in [7, 11) is -1.91. The number of hydrogen-bond donors (Lipinski definition) is 0. The minimum Gasteiger partial charge on any atom is -0.365 e. The number of piperazine rings is 1. The van der Waals surface area contributed by atoms with Crippen molar-refractivity contribution in [2.24, 2.45) is 0 Å². The van der Waals surface area contributed by atoms with E-state index >= 15 is 0 Å². The number of carbonyl (C=O) groups excluding carboxylic acids is 1. The third-order valence-corrected chi connectivity index (χ3v) is 7.95. The van der Waals surface area contributed by atoms with Gasteiger partial charge in [0.25, 0.3) is 0 Å². The van der Waals surface area contributed by atoms with Gasteiger partial charge in [0.05, 0.1) is 17.0 Å². The van der Waals surface area contributed by atoms with E-state index in [1.54, 1.807) is 17.0 Å². The van der Waals surface area contributed by atoms with Gasteiger partial charge in [0.1, 0.15) is 6.07 Å². The van der Waals surface area contributed by atoms with Gasteiger partial charge >= 0.3 is 0 Å². The van der Waals surface area contributed by atoms with Gasteiger partial charge in [-0.2, -0.15) is 9.57 Å². The van der Waals surface area contributed by atoms with Crippen LogP contribution in [0.25, 0.3) is 11.1 Å². The molecule has 0 atom stereocenters. The molecule has 3 aromatic rings. The molecular formula is C26H26N4O3S. The Balaban J connectivity index is 1.42. The second kappa shape index (κ2) is 10.1. The Morgan fingerprint density at radius 2 is 1.53 bits per heavy atom. The number of sulfonamides is 1. The van der Waals surface area contributed by atoms with Crippen molar-refractivity contribution in [3.63, 3.8) is 0 Å². The lowest BCUT2D eigenvalue weighted by Gasteiger charge is -2.35. The van der Waals surface area contributed by atoms with Crippen molar-refractivity contribution in [3.05, 3.63) is 84.4 Å². The first-order valence-corrected chi connectivity index (χ1v) is 12.5. The number of amides is 1. The third kappa shape index (κ3) is 4.81. The van der Waals surface area contributed by atoms with Crippen molar-refractivity contribution >= 4 is 21.6 Å². The van der Waals surface area contributed by atoms with Gasteiger partial charge in [-0.05, 0) is 23.8 Å². The quantitative estimate of drug-likeness (QED) is 0.548. The summed E-state index contributed by atoms with van der Waals surface area (Å²) in [6, 6.07) is 26.1. The molecule has 1 aliphatic rings. The van der Waals surface area contributed by atoms with Gasteiger partial charge in [-0.3, -0.25) is 4.79 Å². The molecule has 0 aromatic heterocycles. The molecule has 1 amide bonds. The zero-order chi connectivity index (χ0) is 24.1. The zero-order valence-corrected chi connectivity index (χ0v) is 19.8. The zero-order valence-electron chi connectivity index (χ0n) is 19.0. The smallest absolute Gasteiger partial charge is 0.244 e. The van der Waals surface area contributed by atoms with Crippen molar-refractivity contribution < 1.29 is 13.2 Å². The highest BCUT2D eigenvalue weighted by molar-refractivity contribution is 7.89. The Hall–Kier alpha value is -3.67. The van der Waals surface area contributed by atoms with Gasteiger partial charge in [-0.15, -0.1) is 0 Å². The van der Waals surface area contributed by atoms with Crippen molar-refractivity contribution in [3.8, 4) is 17.2 Å². The summed E-state index contributed by atoms with van der Waals surface area (Å²) >= 11 is 0. The number of benzene rings is 3. The Morgan fingerprint density at radius 3 is 2.24 bits per heavy atom. The van der Waals surface area contributed by atoms with Crippen molar-refractivity contribution in [1.82, 2.24) is 9.21 Å². The summed E-state index contributed by atoms with van der Waals surface area (Å²) in [6.07, 6.45) is 0. The van der Waals surface area contributed by atoms with Crippen molar-refractivity contribution in [1.29, 1.82) is 5.26 Å². The van der Waals surface area contributed by atoms with Crippen LogP contribution in [0.15, 0.2) is 83.8 Å². The van der Waals surface area contributed by atoms with Gasteiger partial charge in [0, 0.05) is 44.5 Å². The van der Waals surface area contributed by atoms with Gasteiger partial charge < -0.3 is 9.80 Å². The standard InChI is InChI=1S/C26H26N4O3S/c1-28(24-13-7-6-12-23(24)21-9-3-2-4-10-21)20-26(31)29-15-17-30(18-16-29)34(32,33)25-14-8-5-11-22(25)19-27/h2-14H,15-18,20H2,1H3. The summed E-state index contributed by atoms with van der Waals surface area (Å²) in [5.41, 5.74) is 3.20. The number of anilines is 1. The molecule has 34 heavy (non-hydrogen) atoms. The van der Waals surface area contributed by atoms with E-state index in [2.05, 4.69) is 0 Å². The summed E-state index contributed by atoms with van der Waals surface area (Å²) in [5, 5.41) is 9.27. The predicted octanol–water partition coefficient (Wildman–Crippen LogP) is 3.19. The molecule has 4 rings (SSSR count). The van der Waals surface area contributed by atoms with E-state index in [4.69, 9.17) is 0 Å². The predicted molar refractivity (Wildman–Crippen MR) is 132 cm³/mol. The number of nitriles is 1. The second-order valence-electron chi connectivity index (χ2n) is 8.13. The molecule has 1 heterocycles. The van der Waals surface area contributed by atoms with E-state index in [-0.39, 0.29) is 36.0 Å². The van der Waals surface area contributed by atoms with E-state index < -0.39 is 10.0 Å². The minimum atomic E-state index is -3.79. The Labute approximate surface area is 200 Å². The SMILES string of the molecule is CN(CC(=O)N1CCN(S(=O)(=O)c2ccccc2C#N)CC1)c1ccccc1-c1ccccc1. The van der Waals surface area contributed by atoms with E-state index in [0.29, 0.717) is 13.1 Å². The van der Waals surface area contributed by atoms with Crippen LogP contribution in [0.5, 0.6) is 0 Å². The third-order valence-electron chi connectivity index (χ3n) is 5.99. The van der Waals surface area contributed by atoms with Crippen LogP contribution in [0, 0.1) is 11.3 Å². The molecule has 8 heteroatoms. The van der Waals surface area contributed by atoms with E-state index in [9.17, 15) is 18.5 Å². The normalized spacial score (nSPS) is 14.4. The number of nitrogens with zero attached hydrogens (tertiary/aromatic N) is 4. The fourth-order valence-corrected chi connectivity index (χ4v) is 5.72. The Kier molecular flexibility index (Phi) is 6.96. The molecule has 0 bridgehead atoms. The average molecular weight is 475 g/mol. The molecule has 7 nitrogen and oxygen atoms in total. The molecule has 174 valence electrons. The van der Waals surface area contributed by atoms with Crippen LogP contribution in [0.1, 0.15) is 5.56 Å². The first-order valence-electron chi connectivity index (χ1n) is 11.0. The molecule has 1 aliphatic heterocycles. The first-order chi connectivity index (χ1) is 16.4. The van der Waals surface area contributed by atoms with Crippen molar-refractivity contribution in [2.75, 3.05) is 44.7 Å². The topological polar surface area (TPSA) is 84.7 Å². The summed E-state index contributed by atoms with van der Waals surface area (Å²) in [5.74, 6) is -0.0557. The maximum absolute atomic E-state index is 13.0. The van der Waals surface area contributed by atoms with Gasteiger partial charge in [-0.25, -0.2) is 8.42 Å². The van der Waals surface area contributed by atoms with E-state index in [0.717, 1.165) is 16.8 Å². The number of likely N-dealkylation sites (N-methyl/N-ethyl adjacent to an activating group) is 1.